The molecule has 0 saturated carbocycles. The minimum absolute atomic E-state index is 0.0212. The summed E-state index contributed by atoms with van der Waals surface area (Å²) in [7, 11) is 0. The number of rotatable bonds is 9. The lowest BCUT2D eigenvalue weighted by molar-refractivity contribution is 0.0973. The zero-order valence-electron chi connectivity index (χ0n) is 21.8. The van der Waals surface area contributed by atoms with E-state index in [0.717, 1.165) is 48.9 Å². The molecule has 32 heavy (non-hydrogen) atoms. The summed E-state index contributed by atoms with van der Waals surface area (Å²) in [5.41, 5.74) is 12.2. The fourth-order valence-corrected chi connectivity index (χ4v) is 5.22. The third kappa shape index (κ3) is 5.17. The molecule has 0 aliphatic carbocycles. The Labute approximate surface area is 196 Å². The first-order valence-electron chi connectivity index (χ1n) is 12.4. The number of benzene rings is 2. The Hall–Kier alpha value is -2.35. The second-order valence-electron chi connectivity index (χ2n) is 9.18. The van der Waals surface area contributed by atoms with Crippen molar-refractivity contribution >= 4 is 11.6 Å². The molecule has 174 valence electrons. The van der Waals surface area contributed by atoms with Gasteiger partial charge in [0.15, 0.2) is 0 Å². The van der Waals surface area contributed by atoms with Crippen LogP contribution >= 0.6 is 0 Å². The summed E-state index contributed by atoms with van der Waals surface area (Å²) in [6.07, 6.45) is 5.35. The molecule has 2 aromatic rings. The van der Waals surface area contributed by atoms with Crippen molar-refractivity contribution in [1.29, 1.82) is 0 Å². The zero-order valence-corrected chi connectivity index (χ0v) is 21.8. The van der Waals surface area contributed by atoms with Crippen molar-refractivity contribution in [1.82, 2.24) is 5.32 Å². The van der Waals surface area contributed by atoms with Crippen LogP contribution in [-0.4, -0.2) is 5.91 Å². The van der Waals surface area contributed by atoms with Gasteiger partial charge in [0.2, 0.25) is 0 Å². The van der Waals surface area contributed by atoms with E-state index in [0.29, 0.717) is 5.92 Å². The molecule has 2 rings (SSSR count). The smallest absolute Gasteiger partial charge is 0.255 e. The van der Waals surface area contributed by atoms with Crippen LogP contribution in [0.1, 0.15) is 116 Å². The molecule has 2 aromatic carbocycles. The van der Waals surface area contributed by atoms with Crippen LogP contribution in [0.3, 0.4) is 0 Å². The van der Waals surface area contributed by atoms with Crippen LogP contribution in [0.25, 0.3) is 5.70 Å². The van der Waals surface area contributed by atoms with Crippen LogP contribution in [-0.2, 0) is 6.42 Å². The number of allylic oxidation sites excluding steroid dienone is 1. The molecular formula is C30H43NO. The van der Waals surface area contributed by atoms with E-state index in [1.807, 2.05) is 31.2 Å². The van der Waals surface area contributed by atoms with Gasteiger partial charge in [-0.25, -0.2) is 0 Å². The predicted molar refractivity (Wildman–Crippen MR) is 140 cm³/mol. The molecule has 2 nitrogen and oxygen atoms in total. The van der Waals surface area contributed by atoms with Crippen LogP contribution in [0, 0.1) is 27.7 Å². The van der Waals surface area contributed by atoms with E-state index in [9.17, 15) is 4.79 Å². The van der Waals surface area contributed by atoms with Crippen LogP contribution in [0.15, 0.2) is 29.8 Å². The summed E-state index contributed by atoms with van der Waals surface area (Å²) in [6.45, 7) is 20.0. The van der Waals surface area contributed by atoms with E-state index in [2.05, 4.69) is 60.7 Å². The maximum Gasteiger partial charge on any atom is 0.255 e. The first kappa shape index (κ1) is 25.9. The average Bonchev–Trinajstić information content (AvgIpc) is 2.77. The normalized spacial score (nSPS) is 12.2. The molecule has 0 atom stereocenters. The Morgan fingerprint density at radius 1 is 0.906 bits per heavy atom. The minimum atomic E-state index is -0.0212. The highest BCUT2D eigenvalue weighted by Crippen LogP contribution is 2.38. The molecule has 0 aliphatic rings. The molecule has 1 amide bonds. The SMILES string of the molecule is CCCC(C)=C(NC(=O)c1ccccc1C)c1c(C)c(C)c(C(CC)CC)c(CC)c1C. The molecule has 0 fully saturated rings. The van der Waals surface area contributed by atoms with Gasteiger partial charge in [-0.1, -0.05) is 52.3 Å². The quantitative estimate of drug-likeness (QED) is 0.423. The third-order valence-corrected chi connectivity index (χ3v) is 7.17. The number of carbonyl (C=O) groups is 1. The van der Waals surface area contributed by atoms with Gasteiger partial charge in [0.05, 0.1) is 0 Å². The van der Waals surface area contributed by atoms with E-state index in [4.69, 9.17) is 0 Å². The number of nitrogens with one attached hydrogen (secondary N) is 1. The van der Waals surface area contributed by atoms with E-state index in [-0.39, 0.29) is 5.91 Å². The Morgan fingerprint density at radius 3 is 2.06 bits per heavy atom. The monoisotopic (exact) mass is 433 g/mol. The fraction of sp³-hybridized carbons (Fsp3) is 0.500. The van der Waals surface area contributed by atoms with Gasteiger partial charge in [0, 0.05) is 16.8 Å². The van der Waals surface area contributed by atoms with Gasteiger partial charge < -0.3 is 5.32 Å². The lowest BCUT2D eigenvalue weighted by atomic mass is 9.78. The molecular weight excluding hydrogens is 390 g/mol. The van der Waals surface area contributed by atoms with Crippen LogP contribution < -0.4 is 5.32 Å². The van der Waals surface area contributed by atoms with Gasteiger partial charge in [0.25, 0.3) is 5.91 Å². The third-order valence-electron chi connectivity index (χ3n) is 7.17. The summed E-state index contributed by atoms with van der Waals surface area (Å²) in [5, 5.41) is 3.35. The van der Waals surface area contributed by atoms with Crippen molar-refractivity contribution < 1.29 is 4.79 Å². The molecule has 0 heterocycles. The Balaban J connectivity index is 2.75. The van der Waals surface area contributed by atoms with Crippen molar-refractivity contribution in [2.75, 3.05) is 0 Å². The topological polar surface area (TPSA) is 29.1 Å². The van der Waals surface area contributed by atoms with E-state index in [1.165, 1.54) is 39.0 Å². The second-order valence-corrected chi connectivity index (χ2v) is 9.18. The van der Waals surface area contributed by atoms with Crippen molar-refractivity contribution in [2.24, 2.45) is 0 Å². The number of hydrogen-bond donors (Lipinski definition) is 1. The van der Waals surface area contributed by atoms with Crippen LogP contribution in [0.5, 0.6) is 0 Å². The largest absolute Gasteiger partial charge is 0.321 e. The summed E-state index contributed by atoms with van der Waals surface area (Å²) >= 11 is 0. The van der Waals surface area contributed by atoms with Gasteiger partial charge >= 0.3 is 0 Å². The van der Waals surface area contributed by atoms with E-state index in [1.54, 1.807) is 0 Å². The minimum Gasteiger partial charge on any atom is -0.321 e. The van der Waals surface area contributed by atoms with E-state index < -0.39 is 0 Å². The lowest BCUT2D eigenvalue weighted by Crippen LogP contribution is -2.25. The molecule has 1 N–H and O–H groups in total. The van der Waals surface area contributed by atoms with Crippen molar-refractivity contribution in [3.63, 3.8) is 0 Å². The van der Waals surface area contributed by atoms with Gasteiger partial charge in [-0.2, -0.15) is 0 Å². The average molecular weight is 434 g/mol. The molecule has 0 unspecified atom stereocenters. The predicted octanol–water partition coefficient (Wildman–Crippen LogP) is 8.35. The maximum absolute atomic E-state index is 13.3. The molecule has 2 heteroatoms. The molecule has 0 aliphatic heterocycles. The van der Waals surface area contributed by atoms with Gasteiger partial charge in [-0.15, -0.1) is 0 Å². The molecule has 0 spiro atoms. The lowest BCUT2D eigenvalue weighted by Gasteiger charge is -2.28. The molecule has 0 aromatic heterocycles. The van der Waals surface area contributed by atoms with Crippen LogP contribution in [0.2, 0.25) is 0 Å². The van der Waals surface area contributed by atoms with Gasteiger partial charge in [-0.05, 0) is 111 Å². The van der Waals surface area contributed by atoms with Crippen molar-refractivity contribution in [3.05, 3.63) is 74.3 Å². The summed E-state index contributed by atoms with van der Waals surface area (Å²) in [4.78, 5) is 13.3. The Morgan fingerprint density at radius 2 is 1.53 bits per heavy atom. The second kappa shape index (κ2) is 11.5. The first-order valence-corrected chi connectivity index (χ1v) is 12.4. The number of hydrogen-bond acceptors (Lipinski definition) is 1. The number of amides is 1. The van der Waals surface area contributed by atoms with Gasteiger partial charge in [-0.3, -0.25) is 4.79 Å². The van der Waals surface area contributed by atoms with Crippen molar-refractivity contribution in [3.8, 4) is 0 Å². The zero-order chi connectivity index (χ0) is 24.0. The summed E-state index contributed by atoms with van der Waals surface area (Å²) in [5.74, 6) is 0.564. The van der Waals surface area contributed by atoms with Crippen molar-refractivity contribution in [2.45, 2.75) is 100 Å². The highest BCUT2D eigenvalue weighted by atomic mass is 16.1. The van der Waals surface area contributed by atoms with Gasteiger partial charge in [0.1, 0.15) is 0 Å². The number of carbonyl (C=O) groups excluding carboxylic acids is 1. The highest BCUT2D eigenvalue weighted by Gasteiger charge is 2.24. The number of aryl methyl sites for hydroxylation is 1. The Bertz CT molecular complexity index is 992. The highest BCUT2D eigenvalue weighted by molar-refractivity contribution is 6.01. The first-order chi connectivity index (χ1) is 15.2. The fourth-order valence-electron chi connectivity index (χ4n) is 5.22. The summed E-state index contributed by atoms with van der Waals surface area (Å²) < 4.78 is 0. The standard InChI is InChI=1S/C30H43NO/c1-10-16-20(6)29(31-30(32)26-18-15-14-17-19(26)5)27-21(7)22(8)28(24(11-2)12-3)25(13-4)23(27)9/h14-15,17-18,24H,10-13,16H2,1-9H3,(H,31,32). The van der Waals surface area contributed by atoms with Crippen LogP contribution in [0.4, 0.5) is 0 Å². The maximum atomic E-state index is 13.3. The molecule has 0 bridgehead atoms. The molecule has 0 saturated heterocycles. The molecule has 0 radical (unpaired) electrons. The summed E-state index contributed by atoms with van der Waals surface area (Å²) in [6, 6.07) is 7.82. The Kier molecular flexibility index (Phi) is 9.31. The van der Waals surface area contributed by atoms with E-state index >= 15 is 0 Å².